The molecule has 10 heteroatoms. The maximum absolute atomic E-state index is 12.9. The number of amides is 2. The van der Waals surface area contributed by atoms with Crippen LogP contribution in [0.2, 0.25) is 0 Å². The number of fused-ring (bicyclic) bond motifs is 1. The topological polar surface area (TPSA) is 81.3 Å². The fourth-order valence-electron chi connectivity index (χ4n) is 3.74. The molecule has 0 aliphatic carbocycles. The third-order valence-corrected chi connectivity index (χ3v) is 5.68. The van der Waals surface area contributed by atoms with Gasteiger partial charge >= 0.3 is 6.18 Å². The van der Waals surface area contributed by atoms with Crippen molar-refractivity contribution in [3.8, 4) is 0 Å². The first-order chi connectivity index (χ1) is 15.2. The van der Waals surface area contributed by atoms with Crippen LogP contribution in [-0.4, -0.2) is 64.0 Å². The zero-order chi connectivity index (χ0) is 22.9. The van der Waals surface area contributed by atoms with Gasteiger partial charge in [0.25, 0.3) is 5.91 Å². The van der Waals surface area contributed by atoms with Gasteiger partial charge in [-0.2, -0.15) is 18.3 Å². The molecule has 1 aromatic heterocycles. The van der Waals surface area contributed by atoms with Crippen molar-refractivity contribution in [1.29, 1.82) is 0 Å². The van der Waals surface area contributed by atoms with Gasteiger partial charge in [-0.25, -0.2) is 0 Å². The lowest BCUT2D eigenvalue weighted by Gasteiger charge is -2.37. The maximum atomic E-state index is 12.9. The molecule has 1 aliphatic rings. The van der Waals surface area contributed by atoms with Crippen LogP contribution in [0.5, 0.6) is 0 Å². The predicted octanol–water partition coefficient (Wildman–Crippen LogP) is 3.37. The molecule has 1 atom stereocenters. The molecule has 2 aromatic carbocycles. The minimum absolute atomic E-state index is 0.163. The summed E-state index contributed by atoms with van der Waals surface area (Å²) in [5.41, 5.74) is 0.702. The van der Waals surface area contributed by atoms with Crippen molar-refractivity contribution in [3.63, 3.8) is 0 Å². The molecule has 168 valence electrons. The summed E-state index contributed by atoms with van der Waals surface area (Å²) in [5.74, 6) is -0.480. The number of alkyl halides is 3. The number of H-pyrrole nitrogens is 1. The van der Waals surface area contributed by atoms with Crippen LogP contribution in [0, 0.1) is 0 Å². The number of para-hydroxylation sites is 1. The van der Waals surface area contributed by atoms with Gasteiger partial charge in [-0.15, -0.1) is 0 Å². The molecule has 32 heavy (non-hydrogen) atoms. The monoisotopic (exact) mass is 445 g/mol. The lowest BCUT2D eigenvalue weighted by atomic mass is 10.1. The summed E-state index contributed by atoms with van der Waals surface area (Å²) in [6, 6.07) is 11.3. The molecule has 7 nitrogen and oxygen atoms in total. The van der Waals surface area contributed by atoms with Crippen LogP contribution in [-0.2, 0) is 11.0 Å². The molecular formula is C22H22F3N5O2. The molecule has 0 saturated carbocycles. The van der Waals surface area contributed by atoms with E-state index in [0.717, 1.165) is 23.0 Å². The van der Waals surface area contributed by atoms with Crippen molar-refractivity contribution in [3.05, 3.63) is 59.8 Å². The van der Waals surface area contributed by atoms with E-state index < -0.39 is 17.8 Å². The average Bonchev–Trinajstić information content (AvgIpc) is 3.22. The first kappa shape index (κ1) is 21.8. The smallest absolute Gasteiger partial charge is 0.335 e. The number of carbonyl (C=O) groups excluding carboxylic acids is 2. The second-order valence-electron chi connectivity index (χ2n) is 7.69. The summed E-state index contributed by atoms with van der Waals surface area (Å²) < 4.78 is 38.0. The van der Waals surface area contributed by atoms with Crippen LogP contribution < -0.4 is 5.32 Å². The first-order valence-corrected chi connectivity index (χ1v) is 10.2. The molecule has 0 radical (unpaired) electrons. The Kier molecular flexibility index (Phi) is 5.88. The third-order valence-electron chi connectivity index (χ3n) is 5.68. The summed E-state index contributed by atoms with van der Waals surface area (Å²) in [7, 11) is 0. The van der Waals surface area contributed by atoms with E-state index in [1.54, 1.807) is 11.8 Å². The Morgan fingerprint density at radius 3 is 2.34 bits per heavy atom. The van der Waals surface area contributed by atoms with Crippen molar-refractivity contribution < 1.29 is 22.8 Å². The van der Waals surface area contributed by atoms with E-state index in [1.165, 1.54) is 12.1 Å². The zero-order valence-electron chi connectivity index (χ0n) is 17.3. The molecule has 1 unspecified atom stereocenters. The van der Waals surface area contributed by atoms with Gasteiger partial charge < -0.3 is 10.2 Å². The number of benzene rings is 2. The van der Waals surface area contributed by atoms with Gasteiger partial charge in [0.15, 0.2) is 5.69 Å². The Labute approximate surface area is 182 Å². The normalized spacial score (nSPS) is 16.2. The first-order valence-electron chi connectivity index (χ1n) is 10.2. The number of piperazine rings is 1. The number of rotatable bonds is 4. The number of nitrogens with one attached hydrogen (secondary N) is 2. The molecule has 2 heterocycles. The molecule has 0 spiro atoms. The van der Waals surface area contributed by atoms with Gasteiger partial charge in [0.2, 0.25) is 5.91 Å². The minimum atomic E-state index is -4.42. The van der Waals surface area contributed by atoms with Crippen LogP contribution in [0.4, 0.5) is 18.9 Å². The van der Waals surface area contributed by atoms with Crippen LogP contribution in [0.1, 0.15) is 23.0 Å². The van der Waals surface area contributed by atoms with E-state index in [2.05, 4.69) is 15.5 Å². The largest absolute Gasteiger partial charge is 0.416 e. The third kappa shape index (κ3) is 4.45. The van der Waals surface area contributed by atoms with Gasteiger partial charge in [-0.05, 0) is 37.3 Å². The number of anilines is 1. The molecule has 4 rings (SSSR count). The maximum Gasteiger partial charge on any atom is 0.416 e. The molecular weight excluding hydrogens is 423 g/mol. The van der Waals surface area contributed by atoms with Gasteiger partial charge in [-0.1, -0.05) is 18.2 Å². The van der Waals surface area contributed by atoms with Gasteiger partial charge in [0.05, 0.1) is 17.1 Å². The predicted molar refractivity (Wildman–Crippen MR) is 113 cm³/mol. The van der Waals surface area contributed by atoms with Crippen LogP contribution in [0.25, 0.3) is 10.9 Å². The fraction of sp³-hybridized carbons (Fsp3) is 0.318. The standard InChI is InChI=1S/C22H22F3N5O2/c1-14(20(31)26-16-8-6-15(7-9-16)22(23,24)25)29-10-12-30(13-11-29)21(32)19-17-4-2-3-5-18(17)27-28-19/h2-9,14H,10-13H2,1H3,(H,26,31)(H,27,28). The van der Waals surface area contributed by atoms with Crippen molar-refractivity contribution in [2.45, 2.75) is 19.1 Å². The molecule has 2 N–H and O–H groups in total. The SMILES string of the molecule is CC(C(=O)Nc1ccc(C(F)(F)F)cc1)N1CCN(C(=O)c2n[nH]c3ccccc23)CC1. The number of nitrogens with zero attached hydrogens (tertiary/aromatic N) is 3. The van der Waals surface area contributed by atoms with Gasteiger partial charge in [0, 0.05) is 37.3 Å². The summed E-state index contributed by atoms with van der Waals surface area (Å²) in [5, 5.41) is 10.4. The average molecular weight is 445 g/mol. The number of hydrogen-bond donors (Lipinski definition) is 2. The highest BCUT2D eigenvalue weighted by Gasteiger charge is 2.31. The van der Waals surface area contributed by atoms with Gasteiger partial charge in [0.1, 0.15) is 0 Å². The fourth-order valence-corrected chi connectivity index (χ4v) is 3.74. The van der Waals surface area contributed by atoms with Crippen molar-refractivity contribution in [2.75, 3.05) is 31.5 Å². The van der Waals surface area contributed by atoms with Crippen LogP contribution in [0.3, 0.4) is 0 Å². The summed E-state index contributed by atoms with van der Waals surface area (Å²) >= 11 is 0. The van der Waals surface area contributed by atoms with Crippen molar-refractivity contribution in [1.82, 2.24) is 20.0 Å². The van der Waals surface area contributed by atoms with Crippen LogP contribution >= 0.6 is 0 Å². The van der Waals surface area contributed by atoms with E-state index in [4.69, 9.17) is 0 Å². The Bertz CT molecular complexity index is 1120. The second kappa shape index (κ2) is 8.62. The Morgan fingerprint density at radius 1 is 1.03 bits per heavy atom. The molecule has 1 saturated heterocycles. The highest BCUT2D eigenvalue weighted by atomic mass is 19.4. The highest BCUT2D eigenvalue weighted by Crippen LogP contribution is 2.30. The Hall–Kier alpha value is -3.40. The van der Waals surface area contributed by atoms with E-state index >= 15 is 0 Å². The second-order valence-corrected chi connectivity index (χ2v) is 7.69. The summed E-state index contributed by atoms with van der Waals surface area (Å²) in [4.78, 5) is 29.1. The van der Waals surface area contributed by atoms with E-state index in [-0.39, 0.29) is 11.8 Å². The lowest BCUT2D eigenvalue weighted by molar-refractivity contribution is -0.137. The minimum Gasteiger partial charge on any atom is -0.335 e. The van der Waals surface area contributed by atoms with E-state index in [9.17, 15) is 22.8 Å². The Balaban J connectivity index is 1.33. The Morgan fingerprint density at radius 2 is 1.69 bits per heavy atom. The molecule has 3 aromatic rings. The molecule has 0 bridgehead atoms. The van der Waals surface area contributed by atoms with Crippen LogP contribution in [0.15, 0.2) is 48.5 Å². The summed E-state index contributed by atoms with van der Waals surface area (Å²) in [6.07, 6.45) is -4.42. The quantitative estimate of drug-likeness (QED) is 0.645. The van der Waals surface area contributed by atoms with E-state index in [0.29, 0.717) is 37.6 Å². The zero-order valence-corrected chi connectivity index (χ0v) is 17.3. The molecule has 2 amide bonds. The lowest BCUT2D eigenvalue weighted by Crippen LogP contribution is -2.54. The molecule has 1 fully saturated rings. The number of halogens is 3. The molecule has 1 aliphatic heterocycles. The summed E-state index contributed by atoms with van der Waals surface area (Å²) in [6.45, 7) is 3.61. The van der Waals surface area contributed by atoms with Crippen molar-refractivity contribution in [2.24, 2.45) is 0 Å². The number of carbonyl (C=O) groups is 2. The number of aromatic nitrogens is 2. The number of aromatic amines is 1. The number of hydrogen-bond acceptors (Lipinski definition) is 4. The van der Waals surface area contributed by atoms with Crippen molar-refractivity contribution >= 4 is 28.4 Å². The van der Waals surface area contributed by atoms with Gasteiger partial charge in [-0.3, -0.25) is 19.6 Å². The van der Waals surface area contributed by atoms with E-state index in [1.807, 2.05) is 29.2 Å². The highest BCUT2D eigenvalue weighted by molar-refractivity contribution is 6.04.